The summed E-state index contributed by atoms with van der Waals surface area (Å²) in [5.41, 5.74) is -0.0758. The fourth-order valence-electron chi connectivity index (χ4n) is 7.28. The lowest BCUT2D eigenvalue weighted by Crippen LogP contribution is -2.48. The molecule has 6 rings (SSSR count). The molecule has 0 unspecified atom stereocenters. The summed E-state index contributed by atoms with van der Waals surface area (Å²) in [6.07, 6.45) is 2.39. The van der Waals surface area contributed by atoms with Gasteiger partial charge in [0.25, 0.3) is 0 Å². The Kier molecular flexibility index (Phi) is 5.66. The van der Waals surface area contributed by atoms with Crippen LogP contribution in [0.3, 0.4) is 0 Å². The summed E-state index contributed by atoms with van der Waals surface area (Å²) < 4.78 is 19.4. The van der Waals surface area contributed by atoms with Crippen LogP contribution >= 0.6 is 11.6 Å². The molecule has 39 heavy (non-hydrogen) atoms. The van der Waals surface area contributed by atoms with E-state index in [4.69, 9.17) is 16.3 Å². The van der Waals surface area contributed by atoms with E-state index in [9.17, 15) is 28.7 Å². The minimum atomic E-state index is -1.35. The van der Waals surface area contributed by atoms with Crippen molar-refractivity contribution in [2.75, 3.05) is 19.1 Å². The van der Waals surface area contributed by atoms with Gasteiger partial charge in [-0.25, -0.2) is 9.29 Å². The lowest BCUT2D eigenvalue weighted by atomic mass is 9.51. The molecule has 2 aromatic carbocycles. The molecule has 202 valence electrons. The fourth-order valence-corrected chi connectivity index (χ4v) is 7.45. The number of aromatic hydroxyl groups is 1. The minimum Gasteiger partial charge on any atom is -0.508 e. The van der Waals surface area contributed by atoms with Crippen LogP contribution in [0.15, 0.2) is 48.0 Å². The second-order valence-electron chi connectivity index (χ2n) is 10.9. The highest BCUT2D eigenvalue weighted by molar-refractivity contribution is 6.31. The number of allylic oxidation sites excluding steroid dienone is 2. The van der Waals surface area contributed by atoms with Gasteiger partial charge in [0.05, 0.1) is 41.0 Å². The van der Waals surface area contributed by atoms with Crippen LogP contribution in [-0.4, -0.2) is 47.8 Å². The van der Waals surface area contributed by atoms with Gasteiger partial charge in [0.15, 0.2) is 0 Å². The van der Waals surface area contributed by atoms with Gasteiger partial charge in [-0.05, 0) is 62.1 Å². The maximum absolute atomic E-state index is 14.3. The largest absolute Gasteiger partial charge is 0.508 e. The molecule has 1 saturated carbocycles. The van der Waals surface area contributed by atoms with Crippen molar-refractivity contribution in [1.82, 2.24) is 4.90 Å². The number of methoxy groups -OCH3 is 1. The Morgan fingerprint density at radius 2 is 1.79 bits per heavy atom. The smallest absolute Gasteiger partial charge is 0.241 e. The highest BCUT2D eigenvalue weighted by Gasteiger charge is 2.67. The summed E-state index contributed by atoms with van der Waals surface area (Å²) in [5, 5.41) is 10.8. The van der Waals surface area contributed by atoms with Crippen LogP contribution in [0.25, 0.3) is 0 Å². The van der Waals surface area contributed by atoms with Crippen molar-refractivity contribution < 1.29 is 33.4 Å². The quantitative estimate of drug-likeness (QED) is 0.455. The highest BCUT2D eigenvalue weighted by Crippen LogP contribution is 2.64. The second-order valence-corrected chi connectivity index (χ2v) is 11.3. The topological polar surface area (TPSA) is 104 Å². The molecule has 6 atom stereocenters. The molecular weight excluding hydrogens is 527 g/mol. The summed E-state index contributed by atoms with van der Waals surface area (Å²) in [6.45, 7) is 1.70. The number of anilines is 1. The minimum absolute atomic E-state index is 0.0843. The molecule has 4 amide bonds. The van der Waals surface area contributed by atoms with E-state index in [1.807, 2.05) is 6.08 Å². The number of rotatable bonds is 3. The number of amides is 4. The van der Waals surface area contributed by atoms with Gasteiger partial charge in [0, 0.05) is 18.5 Å². The molecule has 3 fully saturated rings. The molecule has 0 spiro atoms. The molecule has 2 saturated heterocycles. The normalized spacial score (nSPS) is 31.7. The van der Waals surface area contributed by atoms with Crippen molar-refractivity contribution in [3.05, 3.63) is 64.5 Å². The van der Waals surface area contributed by atoms with E-state index in [1.54, 1.807) is 19.1 Å². The van der Waals surface area contributed by atoms with E-state index in [2.05, 4.69) is 0 Å². The van der Waals surface area contributed by atoms with Crippen molar-refractivity contribution >= 4 is 40.9 Å². The van der Waals surface area contributed by atoms with E-state index >= 15 is 0 Å². The van der Waals surface area contributed by atoms with Crippen LogP contribution in [0, 0.1) is 34.9 Å². The molecule has 10 heteroatoms. The highest BCUT2D eigenvalue weighted by atomic mass is 35.5. The van der Waals surface area contributed by atoms with Crippen LogP contribution in [0.2, 0.25) is 5.02 Å². The van der Waals surface area contributed by atoms with Crippen molar-refractivity contribution in [1.29, 1.82) is 0 Å². The first kappa shape index (κ1) is 25.6. The molecule has 0 radical (unpaired) electrons. The van der Waals surface area contributed by atoms with Crippen molar-refractivity contribution in [2.45, 2.75) is 25.7 Å². The van der Waals surface area contributed by atoms with Crippen LogP contribution < -0.4 is 9.64 Å². The van der Waals surface area contributed by atoms with Crippen LogP contribution in [0.4, 0.5) is 10.1 Å². The number of fused-ring (bicyclic) bond motifs is 4. The van der Waals surface area contributed by atoms with Gasteiger partial charge in [-0.15, -0.1) is 0 Å². The molecule has 0 aromatic heterocycles. The molecule has 0 bridgehead atoms. The average Bonchev–Trinajstić information content (AvgIpc) is 3.26. The first-order valence-electron chi connectivity index (χ1n) is 12.7. The molecule has 2 heterocycles. The Bertz CT molecular complexity index is 1510. The van der Waals surface area contributed by atoms with E-state index in [-0.39, 0.29) is 34.7 Å². The maximum Gasteiger partial charge on any atom is 0.241 e. The summed E-state index contributed by atoms with van der Waals surface area (Å²) in [5.74, 6) is -5.26. The number of carbonyl (C=O) groups excluding carboxylic acids is 4. The summed E-state index contributed by atoms with van der Waals surface area (Å²) in [6, 6.07) is 8.36. The molecule has 2 aromatic rings. The number of hydrogen-bond acceptors (Lipinski definition) is 6. The SMILES string of the molecule is COc1ccc(O)c([C@H]2C3=CC[C@@H]4C(=O)N(C)C(=O)[C@@H]4[C@@H]3C[C@H]3C(=O)N(c4ccc(F)c(Cl)c4)C(=O)[C@@]23C)c1. The third-order valence-electron chi connectivity index (χ3n) is 9.20. The third-order valence-corrected chi connectivity index (χ3v) is 9.49. The number of hydrogen-bond donors (Lipinski definition) is 1. The number of imide groups is 2. The predicted octanol–water partition coefficient (Wildman–Crippen LogP) is 4.05. The monoisotopic (exact) mass is 552 g/mol. The number of nitrogens with zero attached hydrogens (tertiary/aromatic N) is 2. The van der Waals surface area contributed by atoms with Gasteiger partial charge < -0.3 is 9.84 Å². The van der Waals surface area contributed by atoms with Gasteiger partial charge in [0.1, 0.15) is 17.3 Å². The molecule has 2 aliphatic heterocycles. The zero-order valence-corrected chi connectivity index (χ0v) is 22.2. The van der Waals surface area contributed by atoms with Crippen LogP contribution in [0.1, 0.15) is 31.2 Å². The third kappa shape index (κ3) is 3.35. The van der Waals surface area contributed by atoms with Crippen molar-refractivity contribution in [3.63, 3.8) is 0 Å². The van der Waals surface area contributed by atoms with Gasteiger partial charge >= 0.3 is 0 Å². The Labute approximate surface area is 229 Å². The number of carbonyl (C=O) groups is 4. The number of ether oxygens (including phenoxy) is 1. The van der Waals surface area contributed by atoms with Gasteiger partial charge in [-0.2, -0.15) is 0 Å². The average molecular weight is 553 g/mol. The zero-order valence-electron chi connectivity index (χ0n) is 21.5. The molecule has 2 aliphatic carbocycles. The number of benzene rings is 2. The van der Waals surface area contributed by atoms with Gasteiger partial charge in [-0.1, -0.05) is 23.3 Å². The molecule has 4 aliphatic rings. The molecule has 8 nitrogen and oxygen atoms in total. The molecule has 1 N–H and O–H groups in total. The number of likely N-dealkylation sites (tertiary alicyclic amines) is 1. The second kappa shape index (κ2) is 8.64. The lowest BCUT2D eigenvalue weighted by Gasteiger charge is -2.49. The van der Waals surface area contributed by atoms with Crippen LogP contribution in [-0.2, 0) is 19.2 Å². The predicted molar refractivity (Wildman–Crippen MR) is 138 cm³/mol. The van der Waals surface area contributed by atoms with E-state index < -0.39 is 52.6 Å². The Hall–Kier alpha value is -3.72. The van der Waals surface area contributed by atoms with E-state index in [0.29, 0.717) is 17.7 Å². The Morgan fingerprint density at radius 3 is 2.49 bits per heavy atom. The summed E-state index contributed by atoms with van der Waals surface area (Å²) >= 11 is 6.00. The first-order chi connectivity index (χ1) is 18.5. The van der Waals surface area contributed by atoms with E-state index in [0.717, 1.165) is 21.4 Å². The molecular formula is C29H26ClFN2O6. The maximum atomic E-state index is 14.3. The Balaban J connectivity index is 1.56. The fraction of sp³-hybridized carbons (Fsp3) is 0.379. The van der Waals surface area contributed by atoms with Crippen molar-refractivity contribution in [3.8, 4) is 11.5 Å². The lowest BCUT2D eigenvalue weighted by molar-refractivity contribution is -0.138. The van der Waals surface area contributed by atoms with Gasteiger partial charge in [-0.3, -0.25) is 24.1 Å². The number of halogens is 2. The standard InChI is InChI=1S/C29H26ClFN2O6/c1-29-19(26(36)33(28(29)38)13-4-8-21(31)20(30)10-13)12-17-15(6-7-16-23(17)27(37)32(2)25(16)35)24(29)18-11-14(39-3)5-9-22(18)34/h4-6,8-11,16-17,19,23-24,34H,7,12H2,1-3H3/t16-,17+,19-,23-,24+,29+/m0/s1. The summed E-state index contributed by atoms with van der Waals surface area (Å²) in [7, 11) is 2.95. The van der Waals surface area contributed by atoms with Crippen molar-refractivity contribution in [2.24, 2.45) is 29.1 Å². The van der Waals surface area contributed by atoms with E-state index in [1.165, 1.54) is 32.4 Å². The Morgan fingerprint density at radius 1 is 1.05 bits per heavy atom. The first-order valence-corrected chi connectivity index (χ1v) is 13.1. The van der Waals surface area contributed by atoms with Gasteiger partial charge in [0.2, 0.25) is 23.6 Å². The number of phenolic OH excluding ortho intramolecular Hbond substituents is 1. The number of phenols is 1. The van der Waals surface area contributed by atoms with Crippen LogP contribution in [0.5, 0.6) is 11.5 Å². The zero-order chi connectivity index (χ0) is 28.0. The summed E-state index contributed by atoms with van der Waals surface area (Å²) in [4.78, 5) is 56.6.